The molecule has 0 spiro atoms. The normalized spacial score (nSPS) is 14.0. The Labute approximate surface area is 288 Å². The maximum absolute atomic E-state index is 14.4. The zero-order valence-electron chi connectivity index (χ0n) is 28.1. The minimum atomic E-state index is -5.03. The molecule has 276 valence electrons. The van der Waals surface area contributed by atoms with Crippen molar-refractivity contribution in [3.05, 3.63) is 88.2 Å². The Balaban J connectivity index is 2.04. The second-order valence-electron chi connectivity index (χ2n) is 12.3. The first-order valence-electron chi connectivity index (χ1n) is 16.4. The molecular formula is C34H44F5N5O5S. The number of aromatic nitrogens is 2. The van der Waals surface area contributed by atoms with Gasteiger partial charge in [-0.05, 0) is 54.5 Å². The number of nitrogens with two attached hydrogens (primary N) is 1. The molecule has 1 heterocycles. The number of aromatic amines is 1. The van der Waals surface area contributed by atoms with Crippen LogP contribution in [0.3, 0.4) is 0 Å². The van der Waals surface area contributed by atoms with Gasteiger partial charge in [0.2, 0.25) is 5.91 Å². The maximum atomic E-state index is 14.4. The van der Waals surface area contributed by atoms with E-state index in [1.54, 1.807) is 32.0 Å². The van der Waals surface area contributed by atoms with Crippen molar-refractivity contribution >= 4 is 21.7 Å². The number of hydrogen-bond acceptors (Lipinski definition) is 7. The summed E-state index contributed by atoms with van der Waals surface area (Å²) in [5.41, 5.74) is 5.31. The minimum Gasteiger partial charge on any atom is -0.390 e. The first-order valence-corrected chi connectivity index (χ1v) is 18.1. The van der Waals surface area contributed by atoms with Crippen LogP contribution in [0.1, 0.15) is 79.2 Å². The Morgan fingerprint density at radius 1 is 1.00 bits per heavy atom. The number of hydrogen-bond donors (Lipinski definition) is 4. The zero-order chi connectivity index (χ0) is 37.2. The molecule has 0 fully saturated rings. The monoisotopic (exact) mass is 729 g/mol. The third-order valence-electron chi connectivity index (χ3n) is 8.27. The molecule has 2 aromatic carbocycles. The van der Waals surface area contributed by atoms with E-state index in [1.807, 2.05) is 18.1 Å². The van der Waals surface area contributed by atoms with Gasteiger partial charge in [0.05, 0.1) is 22.7 Å². The molecule has 0 saturated heterocycles. The van der Waals surface area contributed by atoms with Crippen molar-refractivity contribution in [2.75, 3.05) is 12.3 Å². The van der Waals surface area contributed by atoms with E-state index in [1.165, 1.54) is 0 Å². The van der Waals surface area contributed by atoms with Gasteiger partial charge in [-0.15, -0.1) is 0 Å². The Morgan fingerprint density at radius 3 is 2.20 bits per heavy atom. The molecule has 0 aliphatic heterocycles. The van der Waals surface area contributed by atoms with Gasteiger partial charge in [0.25, 0.3) is 5.91 Å². The van der Waals surface area contributed by atoms with Crippen molar-refractivity contribution in [1.29, 1.82) is 0 Å². The van der Waals surface area contributed by atoms with Crippen LogP contribution < -0.4 is 11.1 Å². The summed E-state index contributed by atoms with van der Waals surface area (Å²) in [5, 5.41) is 17.6. The van der Waals surface area contributed by atoms with E-state index in [9.17, 15) is 45.1 Å². The number of carbonyl (C=O) groups excluding carboxylic acids is 2. The molecule has 2 amide bonds. The highest BCUT2D eigenvalue weighted by Gasteiger charge is 2.41. The quantitative estimate of drug-likeness (QED) is 0.138. The summed E-state index contributed by atoms with van der Waals surface area (Å²) in [6.07, 6.45) is -3.92. The van der Waals surface area contributed by atoms with E-state index >= 15 is 0 Å². The lowest BCUT2D eigenvalue weighted by molar-refractivity contribution is -0.141. The van der Waals surface area contributed by atoms with E-state index in [4.69, 9.17) is 5.73 Å². The van der Waals surface area contributed by atoms with Crippen LogP contribution in [0.2, 0.25) is 0 Å². The van der Waals surface area contributed by atoms with Gasteiger partial charge in [0.15, 0.2) is 15.5 Å². The highest BCUT2D eigenvalue weighted by molar-refractivity contribution is 7.92. The van der Waals surface area contributed by atoms with E-state index in [2.05, 4.69) is 10.4 Å². The Hall–Kier alpha value is -3.89. The van der Waals surface area contributed by atoms with E-state index < -0.39 is 86.5 Å². The van der Waals surface area contributed by atoms with Gasteiger partial charge >= 0.3 is 6.18 Å². The second kappa shape index (κ2) is 17.9. The number of alkyl halides is 3. The summed E-state index contributed by atoms with van der Waals surface area (Å²) in [6, 6.07) is 6.76. The molecule has 50 heavy (non-hydrogen) atoms. The SMILES string of the molecule is CCCC(CCC)S(=O)(=O)C[C@@H](NC(=O)c1c[nH]nc1C(F)(F)F)C(=O)N(Cc1cccc(CC)c1)C[C@@H](O)[C@@H](N)Cc1cc(F)cc(F)c1. The average molecular weight is 730 g/mol. The number of aryl methyl sites for hydroxylation is 1. The van der Waals surface area contributed by atoms with Crippen LogP contribution in [0.4, 0.5) is 22.0 Å². The molecule has 0 bridgehead atoms. The maximum Gasteiger partial charge on any atom is 0.435 e. The largest absolute Gasteiger partial charge is 0.435 e. The molecule has 0 saturated carbocycles. The number of aliphatic hydroxyl groups excluding tert-OH is 1. The van der Waals surface area contributed by atoms with E-state index in [0.29, 0.717) is 37.1 Å². The number of rotatable bonds is 18. The van der Waals surface area contributed by atoms with E-state index in [0.717, 1.165) is 22.6 Å². The molecule has 1 aromatic heterocycles. The predicted molar refractivity (Wildman–Crippen MR) is 178 cm³/mol. The van der Waals surface area contributed by atoms with Crippen LogP contribution in [0.25, 0.3) is 0 Å². The fourth-order valence-electron chi connectivity index (χ4n) is 5.72. The van der Waals surface area contributed by atoms with Crippen LogP contribution in [0.15, 0.2) is 48.7 Å². The second-order valence-corrected chi connectivity index (χ2v) is 14.6. The molecule has 5 N–H and O–H groups in total. The van der Waals surface area contributed by atoms with Crippen molar-refractivity contribution in [3.8, 4) is 0 Å². The lowest BCUT2D eigenvalue weighted by Crippen LogP contribution is -2.55. The number of benzene rings is 2. The van der Waals surface area contributed by atoms with Gasteiger partial charge in [0.1, 0.15) is 17.7 Å². The molecule has 3 rings (SSSR count). The Bertz CT molecular complexity index is 1670. The van der Waals surface area contributed by atoms with Crippen LogP contribution in [0.5, 0.6) is 0 Å². The lowest BCUT2D eigenvalue weighted by atomic mass is 10.0. The Morgan fingerprint density at radius 2 is 1.62 bits per heavy atom. The highest BCUT2D eigenvalue weighted by Crippen LogP contribution is 2.30. The average Bonchev–Trinajstić information content (AvgIpc) is 3.55. The van der Waals surface area contributed by atoms with Gasteiger partial charge < -0.3 is 21.1 Å². The van der Waals surface area contributed by atoms with Crippen LogP contribution >= 0.6 is 0 Å². The number of H-pyrrole nitrogens is 1. The van der Waals surface area contributed by atoms with Crippen molar-refractivity contribution in [3.63, 3.8) is 0 Å². The van der Waals surface area contributed by atoms with Gasteiger partial charge in [-0.1, -0.05) is 57.9 Å². The number of nitrogens with one attached hydrogen (secondary N) is 2. The standard InChI is InChI=1S/C34H44F5N5O5S/c1-4-8-26(9-5-2)50(48,49)20-29(42-32(46)27-17-41-43-31(27)34(37,38)39)33(47)44(18-22-11-7-10-21(6-3)12-22)19-30(45)28(40)15-23-13-24(35)16-25(36)14-23/h7,10-14,16-17,26,28-30,45H,4-6,8-9,15,18-20,40H2,1-3H3,(H,41,43)(H,42,46)/t28-,29+,30+/m0/s1. The summed E-state index contributed by atoms with van der Waals surface area (Å²) < 4.78 is 96.0. The van der Waals surface area contributed by atoms with Gasteiger partial charge in [0, 0.05) is 31.4 Å². The fraction of sp³-hybridized carbons (Fsp3) is 0.500. The summed E-state index contributed by atoms with van der Waals surface area (Å²) in [5.74, 6) is -5.04. The number of nitrogens with zero attached hydrogens (tertiary/aromatic N) is 2. The lowest BCUT2D eigenvalue weighted by Gasteiger charge is -2.32. The van der Waals surface area contributed by atoms with Crippen molar-refractivity contribution in [2.24, 2.45) is 5.73 Å². The third kappa shape index (κ3) is 11.3. The third-order valence-corrected chi connectivity index (χ3v) is 10.6. The topological polar surface area (TPSA) is 158 Å². The van der Waals surface area contributed by atoms with Crippen LogP contribution in [0, 0.1) is 11.6 Å². The first-order chi connectivity index (χ1) is 23.5. The molecule has 3 atom stereocenters. The van der Waals surface area contributed by atoms with Crippen molar-refractivity contribution in [1.82, 2.24) is 20.4 Å². The first kappa shape index (κ1) is 40.5. The summed E-state index contributed by atoms with van der Waals surface area (Å²) in [6.45, 7) is 4.76. The molecule has 0 aliphatic carbocycles. The van der Waals surface area contributed by atoms with Gasteiger partial charge in [-0.2, -0.15) is 18.3 Å². The molecule has 0 aliphatic rings. The number of halogens is 5. The van der Waals surface area contributed by atoms with Crippen molar-refractivity contribution < 1.29 is 45.1 Å². The van der Waals surface area contributed by atoms with Gasteiger partial charge in [-0.25, -0.2) is 17.2 Å². The van der Waals surface area contributed by atoms with E-state index in [-0.39, 0.29) is 31.4 Å². The molecule has 10 nitrogen and oxygen atoms in total. The fourth-order valence-corrected chi connectivity index (χ4v) is 7.88. The molecule has 0 radical (unpaired) electrons. The van der Waals surface area contributed by atoms with Crippen LogP contribution in [-0.4, -0.2) is 76.2 Å². The molecule has 3 aromatic rings. The smallest absolute Gasteiger partial charge is 0.390 e. The summed E-state index contributed by atoms with van der Waals surface area (Å²) in [4.78, 5) is 28.7. The Kier molecular flexibility index (Phi) is 14.5. The summed E-state index contributed by atoms with van der Waals surface area (Å²) in [7, 11) is -4.12. The predicted octanol–water partition coefficient (Wildman–Crippen LogP) is 4.71. The number of carbonyl (C=O) groups is 2. The number of aliphatic hydroxyl groups is 1. The highest BCUT2D eigenvalue weighted by atomic mass is 32.2. The number of amides is 2. The molecule has 0 unspecified atom stereocenters. The summed E-state index contributed by atoms with van der Waals surface area (Å²) >= 11 is 0. The van der Waals surface area contributed by atoms with Gasteiger partial charge in [-0.3, -0.25) is 14.7 Å². The van der Waals surface area contributed by atoms with Crippen LogP contribution in [-0.2, 0) is 40.2 Å². The van der Waals surface area contributed by atoms with Crippen molar-refractivity contribution in [2.45, 2.75) is 95.5 Å². The molecule has 16 heteroatoms. The number of sulfone groups is 1. The zero-order valence-corrected chi connectivity index (χ0v) is 29.0. The molecular weight excluding hydrogens is 685 g/mol. The minimum absolute atomic E-state index is 0.136.